The van der Waals surface area contributed by atoms with Gasteiger partial charge < -0.3 is 10.4 Å². The largest absolute Gasteiger partial charge is 0.387 e. The van der Waals surface area contributed by atoms with Crippen molar-refractivity contribution in [2.75, 3.05) is 5.75 Å². The number of hydrogen-bond donors (Lipinski definition) is 3. The van der Waals surface area contributed by atoms with Gasteiger partial charge in [0.05, 0.1) is 17.9 Å². The molecule has 7 heteroatoms. The van der Waals surface area contributed by atoms with Gasteiger partial charge in [0.1, 0.15) is 0 Å². The summed E-state index contributed by atoms with van der Waals surface area (Å²) in [4.78, 5) is 12.3. The van der Waals surface area contributed by atoms with E-state index in [4.69, 9.17) is 0 Å². The van der Waals surface area contributed by atoms with Crippen LogP contribution in [0, 0.1) is 0 Å². The topological polar surface area (TPSA) is 104 Å². The Bertz CT molecular complexity index is 796. The fraction of sp³-hybridized carbons (Fsp3) is 0.621. The number of amides is 1. The molecular weight excluding hydrogens is 474 g/mol. The van der Waals surface area contributed by atoms with E-state index in [0.29, 0.717) is 6.42 Å². The Kier molecular flexibility index (Phi) is 22.2. The predicted octanol–water partition coefficient (Wildman–Crippen LogP) is 6.61. The molecule has 3 N–H and O–H groups in total. The van der Waals surface area contributed by atoms with E-state index >= 15 is 0 Å². The quantitative estimate of drug-likeness (QED) is 0.0841. The zero-order valence-electron chi connectivity index (χ0n) is 22.4. The third-order valence-electron chi connectivity index (χ3n) is 5.45. The molecular formula is C29H49NO5S. The number of nitrogens with one attached hydrogen (secondary N) is 1. The summed E-state index contributed by atoms with van der Waals surface area (Å²) < 4.78 is 31.9. The van der Waals surface area contributed by atoms with Crippen molar-refractivity contribution in [3.05, 3.63) is 60.8 Å². The second-order valence-electron chi connectivity index (χ2n) is 8.94. The maximum absolute atomic E-state index is 12.3. The molecule has 206 valence electrons. The highest BCUT2D eigenvalue weighted by Crippen LogP contribution is 2.07. The minimum Gasteiger partial charge on any atom is -0.387 e. The second-order valence-corrected chi connectivity index (χ2v) is 10.4. The average molecular weight is 524 g/mol. The van der Waals surface area contributed by atoms with Crippen LogP contribution >= 0.6 is 0 Å². The van der Waals surface area contributed by atoms with E-state index in [9.17, 15) is 22.9 Å². The standard InChI is InChI=1S/C29H49NO5S/c1-3-5-7-9-11-12-13-14-15-16-17-18-19-21-23-25-29(32)30-27(26-36(33,34)35)28(31)24-22-20-10-8-6-4-2/h5,7,11-12,14-15,17-18,22,24,27-28,31H,3-4,6,8-10,13,16,19-21,23,25-26H2,1-2H3,(H,30,32)(H,33,34,35)/b7-5-,12-11-,15-14-,18-17-,24-22+. The van der Waals surface area contributed by atoms with Crippen molar-refractivity contribution in [1.82, 2.24) is 5.32 Å². The van der Waals surface area contributed by atoms with E-state index < -0.39 is 28.0 Å². The molecule has 0 aromatic rings. The summed E-state index contributed by atoms with van der Waals surface area (Å²) in [6, 6.07) is -1.08. The molecule has 0 spiro atoms. The molecule has 0 rings (SSSR count). The van der Waals surface area contributed by atoms with Crippen LogP contribution in [0.2, 0.25) is 0 Å². The minimum atomic E-state index is -4.34. The Morgan fingerprint density at radius 3 is 1.92 bits per heavy atom. The smallest absolute Gasteiger partial charge is 0.267 e. The normalized spacial score (nSPS) is 14.7. The zero-order chi connectivity index (χ0) is 26.9. The Labute approximate surface area is 220 Å². The number of unbranched alkanes of at least 4 members (excludes halogenated alkanes) is 6. The molecule has 0 radical (unpaired) electrons. The first-order valence-corrected chi connectivity index (χ1v) is 15.1. The first-order valence-electron chi connectivity index (χ1n) is 13.5. The number of aliphatic hydroxyl groups is 1. The van der Waals surface area contributed by atoms with E-state index in [1.54, 1.807) is 6.08 Å². The van der Waals surface area contributed by atoms with Gasteiger partial charge in [-0.15, -0.1) is 0 Å². The van der Waals surface area contributed by atoms with Crippen molar-refractivity contribution in [3.63, 3.8) is 0 Å². The number of rotatable bonds is 22. The number of carbonyl (C=O) groups excluding carboxylic acids is 1. The highest BCUT2D eigenvalue weighted by molar-refractivity contribution is 7.85. The van der Waals surface area contributed by atoms with Crippen LogP contribution in [-0.4, -0.2) is 41.9 Å². The van der Waals surface area contributed by atoms with Crippen LogP contribution in [0.25, 0.3) is 0 Å². The predicted molar refractivity (Wildman–Crippen MR) is 151 cm³/mol. The van der Waals surface area contributed by atoms with Gasteiger partial charge in [-0.2, -0.15) is 8.42 Å². The van der Waals surface area contributed by atoms with Gasteiger partial charge in [0.2, 0.25) is 5.91 Å². The van der Waals surface area contributed by atoms with Gasteiger partial charge in [-0.05, 0) is 57.8 Å². The van der Waals surface area contributed by atoms with Gasteiger partial charge in [-0.25, -0.2) is 0 Å². The van der Waals surface area contributed by atoms with Gasteiger partial charge in [0.25, 0.3) is 10.1 Å². The third kappa shape index (κ3) is 23.8. The van der Waals surface area contributed by atoms with Crippen LogP contribution in [0.4, 0.5) is 0 Å². The van der Waals surface area contributed by atoms with Crippen LogP contribution in [0.1, 0.15) is 97.3 Å². The molecule has 0 fully saturated rings. The summed E-state index contributed by atoms with van der Waals surface area (Å²) in [6.07, 6.45) is 30.9. The van der Waals surface area contributed by atoms with E-state index in [1.807, 2.05) is 0 Å². The lowest BCUT2D eigenvalue weighted by Gasteiger charge is -2.21. The number of carbonyl (C=O) groups is 1. The van der Waals surface area contributed by atoms with Crippen molar-refractivity contribution in [1.29, 1.82) is 0 Å². The Morgan fingerprint density at radius 1 is 0.778 bits per heavy atom. The monoisotopic (exact) mass is 523 g/mol. The molecule has 0 aliphatic carbocycles. The Balaban J connectivity index is 4.20. The van der Waals surface area contributed by atoms with Crippen molar-refractivity contribution in [3.8, 4) is 0 Å². The first-order chi connectivity index (χ1) is 17.3. The lowest BCUT2D eigenvalue weighted by molar-refractivity contribution is -0.122. The SMILES string of the molecule is CC/C=C\C/C=C\C/C=C\C/C=C\CCCCC(=O)NC(CS(=O)(=O)O)C(O)/C=C/CCCCCC. The van der Waals surface area contributed by atoms with Gasteiger partial charge >= 0.3 is 0 Å². The number of hydrogen-bond acceptors (Lipinski definition) is 4. The molecule has 0 saturated heterocycles. The molecule has 36 heavy (non-hydrogen) atoms. The Morgan fingerprint density at radius 2 is 1.33 bits per heavy atom. The van der Waals surface area contributed by atoms with Crippen molar-refractivity contribution in [2.24, 2.45) is 0 Å². The molecule has 1 amide bonds. The fourth-order valence-electron chi connectivity index (χ4n) is 3.44. The molecule has 0 aromatic carbocycles. The molecule has 0 aliphatic heterocycles. The zero-order valence-corrected chi connectivity index (χ0v) is 23.2. The fourth-order valence-corrected chi connectivity index (χ4v) is 4.17. The van der Waals surface area contributed by atoms with Crippen molar-refractivity contribution >= 4 is 16.0 Å². The minimum absolute atomic E-state index is 0.239. The highest BCUT2D eigenvalue weighted by Gasteiger charge is 2.24. The lowest BCUT2D eigenvalue weighted by Crippen LogP contribution is -2.46. The summed E-state index contributed by atoms with van der Waals surface area (Å²) in [7, 11) is -4.34. The summed E-state index contributed by atoms with van der Waals surface area (Å²) in [5, 5.41) is 12.9. The lowest BCUT2D eigenvalue weighted by atomic mass is 10.1. The Hall–Kier alpha value is -1.96. The average Bonchev–Trinajstić information content (AvgIpc) is 2.82. The second kappa shape index (κ2) is 23.4. The third-order valence-corrected chi connectivity index (χ3v) is 6.23. The van der Waals surface area contributed by atoms with Crippen LogP contribution in [0.15, 0.2) is 60.8 Å². The molecule has 0 heterocycles. The van der Waals surface area contributed by atoms with Gasteiger partial charge in [-0.1, -0.05) is 93.9 Å². The first kappa shape index (κ1) is 34.0. The van der Waals surface area contributed by atoms with Gasteiger partial charge in [0, 0.05) is 6.42 Å². The maximum Gasteiger partial charge on any atom is 0.267 e. The van der Waals surface area contributed by atoms with Crippen LogP contribution < -0.4 is 5.32 Å². The summed E-state index contributed by atoms with van der Waals surface area (Å²) in [5.41, 5.74) is 0. The van der Waals surface area contributed by atoms with Crippen LogP contribution in [0.3, 0.4) is 0 Å². The summed E-state index contributed by atoms with van der Waals surface area (Å²) in [5.74, 6) is -1.05. The van der Waals surface area contributed by atoms with E-state index in [2.05, 4.69) is 67.8 Å². The van der Waals surface area contributed by atoms with E-state index in [0.717, 1.165) is 70.6 Å². The van der Waals surface area contributed by atoms with Gasteiger partial charge in [-0.3, -0.25) is 9.35 Å². The highest BCUT2D eigenvalue weighted by atomic mass is 32.2. The number of allylic oxidation sites excluding steroid dienone is 9. The number of aliphatic hydroxyl groups excluding tert-OH is 1. The van der Waals surface area contributed by atoms with Crippen molar-refractivity contribution in [2.45, 2.75) is 109 Å². The van der Waals surface area contributed by atoms with Gasteiger partial charge in [0.15, 0.2) is 0 Å². The molecule has 0 bridgehead atoms. The van der Waals surface area contributed by atoms with E-state index in [-0.39, 0.29) is 12.3 Å². The molecule has 2 atom stereocenters. The van der Waals surface area contributed by atoms with E-state index in [1.165, 1.54) is 6.08 Å². The van der Waals surface area contributed by atoms with Crippen LogP contribution in [0.5, 0.6) is 0 Å². The van der Waals surface area contributed by atoms with Crippen molar-refractivity contribution < 1.29 is 22.9 Å². The molecule has 6 nitrogen and oxygen atoms in total. The maximum atomic E-state index is 12.3. The molecule has 0 aliphatic rings. The summed E-state index contributed by atoms with van der Waals surface area (Å²) >= 11 is 0. The molecule has 0 aromatic heterocycles. The molecule has 2 unspecified atom stereocenters. The molecule has 0 saturated carbocycles. The van der Waals surface area contributed by atoms with Crippen LogP contribution in [-0.2, 0) is 14.9 Å². The summed E-state index contributed by atoms with van der Waals surface area (Å²) in [6.45, 7) is 4.26.